The number of carbonyl (C=O) groups is 1. The third kappa shape index (κ3) is 41.4. The molecule has 0 radical (unpaired) electrons. The molecule has 6 N–H and O–H groups in total. The molecule has 0 aromatic heterocycles. The lowest BCUT2D eigenvalue weighted by Crippen LogP contribution is -2.60. The van der Waals surface area contributed by atoms with Gasteiger partial charge in [0.2, 0.25) is 5.91 Å². The van der Waals surface area contributed by atoms with E-state index in [1.54, 1.807) is 6.08 Å². The van der Waals surface area contributed by atoms with Gasteiger partial charge in [0, 0.05) is 6.42 Å². The summed E-state index contributed by atoms with van der Waals surface area (Å²) in [6, 6.07) is -0.822. The van der Waals surface area contributed by atoms with Gasteiger partial charge in [-0.3, -0.25) is 4.79 Å². The second-order valence-corrected chi connectivity index (χ2v) is 21.5. The first-order chi connectivity index (χ1) is 34.8. The Morgan fingerprint density at radius 1 is 0.465 bits per heavy atom. The standard InChI is InChI=1S/C62H117NO8/c1-3-5-7-9-11-13-15-17-19-21-23-25-26-27-28-29-30-31-32-34-36-38-40-42-44-46-48-50-52-58(66)63-55(54-70-62-61(69)60(68)59(67)57(53-64)71-62)56(65)51-49-47-45-43-41-39-37-35-33-24-22-20-18-16-14-12-10-8-6-4-2/h27-28,41,43,49,51,55-57,59-62,64-65,67-69H,3-26,29-40,42,44-48,50,52-54H2,1-2H3,(H,63,66)/b28-27-,43-41+,51-49+. The Hall–Kier alpha value is -1.59. The summed E-state index contributed by atoms with van der Waals surface area (Å²) in [6.07, 6.45) is 60.8. The average Bonchev–Trinajstić information content (AvgIpc) is 3.37. The first-order valence-corrected chi connectivity index (χ1v) is 30.7. The van der Waals surface area contributed by atoms with E-state index in [0.717, 1.165) is 38.5 Å². The molecule has 7 unspecified atom stereocenters. The highest BCUT2D eigenvalue weighted by Gasteiger charge is 2.44. The number of hydrogen-bond donors (Lipinski definition) is 6. The van der Waals surface area contributed by atoms with E-state index in [2.05, 4.69) is 43.5 Å². The van der Waals surface area contributed by atoms with E-state index in [0.29, 0.717) is 6.42 Å². The SMILES string of the molecule is CCCCCCCCCCCCCC/C=C\CCCCCCCCCCCCCCC(=O)NC(COC1OC(CO)C(O)C(O)C1O)C(O)/C=C/CC/C=C/CCCCCCCCCCCCCCCC. The first kappa shape index (κ1) is 67.4. The molecule has 9 heteroatoms. The monoisotopic (exact) mass is 1000 g/mol. The van der Waals surface area contributed by atoms with Crippen LogP contribution in [-0.2, 0) is 14.3 Å². The van der Waals surface area contributed by atoms with Gasteiger partial charge in [-0.1, -0.05) is 269 Å². The highest BCUT2D eigenvalue weighted by atomic mass is 16.7. The van der Waals surface area contributed by atoms with Crippen LogP contribution in [0.25, 0.3) is 0 Å². The van der Waals surface area contributed by atoms with Crippen LogP contribution >= 0.6 is 0 Å². The molecule has 1 rings (SSSR count). The fraction of sp³-hybridized carbons (Fsp3) is 0.887. The molecule has 0 aromatic carbocycles. The third-order valence-corrected chi connectivity index (χ3v) is 14.7. The molecule has 7 atom stereocenters. The quantitative estimate of drug-likeness (QED) is 0.0261. The summed E-state index contributed by atoms with van der Waals surface area (Å²) in [4.78, 5) is 13.1. The maximum absolute atomic E-state index is 13.1. The van der Waals surface area contributed by atoms with Crippen LogP contribution in [0.4, 0.5) is 0 Å². The lowest BCUT2D eigenvalue weighted by atomic mass is 9.99. The van der Waals surface area contributed by atoms with Crippen LogP contribution in [0.15, 0.2) is 36.5 Å². The van der Waals surface area contributed by atoms with Crippen LogP contribution in [0.3, 0.4) is 0 Å². The Balaban J connectivity index is 2.20. The Labute approximate surface area is 438 Å². The predicted molar refractivity (Wildman–Crippen MR) is 300 cm³/mol. The van der Waals surface area contributed by atoms with Gasteiger partial charge in [0.25, 0.3) is 0 Å². The van der Waals surface area contributed by atoms with E-state index < -0.39 is 49.5 Å². The minimum absolute atomic E-state index is 0.183. The summed E-state index contributed by atoms with van der Waals surface area (Å²) in [6.45, 7) is 3.80. The molecule has 1 amide bonds. The number of carbonyl (C=O) groups excluding carboxylic acids is 1. The topological polar surface area (TPSA) is 149 Å². The number of aliphatic hydroxyl groups excluding tert-OH is 5. The van der Waals surface area contributed by atoms with E-state index in [1.807, 2.05) is 6.08 Å². The van der Waals surface area contributed by atoms with E-state index >= 15 is 0 Å². The van der Waals surface area contributed by atoms with Crippen molar-refractivity contribution in [3.8, 4) is 0 Å². The Bertz CT molecular complexity index is 1210. The normalized spacial score (nSPS) is 19.5. The summed E-state index contributed by atoms with van der Waals surface area (Å²) < 4.78 is 11.3. The molecule has 1 aliphatic heterocycles. The molecule has 418 valence electrons. The summed E-state index contributed by atoms with van der Waals surface area (Å²) in [5.41, 5.74) is 0. The van der Waals surface area contributed by atoms with Gasteiger partial charge < -0.3 is 40.3 Å². The second kappa shape index (κ2) is 51.9. The number of unbranched alkanes of at least 4 members (excludes halogenated alkanes) is 39. The van der Waals surface area contributed by atoms with Gasteiger partial charge in [0.15, 0.2) is 6.29 Å². The molecule has 0 spiro atoms. The van der Waals surface area contributed by atoms with E-state index in [9.17, 15) is 30.3 Å². The van der Waals surface area contributed by atoms with Gasteiger partial charge in [-0.15, -0.1) is 0 Å². The molecule has 9 nitrogen and oxygen atoms in total. The smallest absolute Gasteiger partial charge is 0.220 e. The van der Waals surface area contributed by atoms with Crippen molar-refractivity contribution in [2.45, 2.75) is 339 Å². The maximum atomic E-state index is 13.1. The lowest BCUT2D eigenvalue weighted by molar-refractivity contribution is -0.302. The molecular weight excluding hydrogens is 887 g/mol. The zero-order valence-corrected chi connectivity index (χ0v) is 46.5. The van der Waals surface area contributed by atoms with Crippen molar-refractivity contribution in [1.82, 2.24) is 5.32 Å². The van der Waals surface area contributed by atoms with Gasteiger partial charge in [0.05, 0.1) is 25.4 Å². The van der Waals surface area contributed by atoms with Crippen LogP contribution in [0.5, 0.6) is 0 Å². The van der Waals surface area contributed by atoms with Crippen molar-refractivity contribution >= 4 is 5.91 Å². The van der Waals surface area contributed by atoms with Gasteiger partial charge in [-0.05, 0) is 57.8 Å². The van der Waals surface area contributed by atoms with Crippen LogP contribution in [-0.4, -0.2) is 87.5 Å². The highest BCUT2D eigenvalue weighted by Crippen LogP contribution is 2.23. The van der Waals surface area contributed by atoms with E-state index in [-0.39, 0.29) is 12.5 Å². The number of amides is 1. The van der Waals surface area contributed by atoms with Gasteiger partial charge in [-0.2, -0.15) is 0 Å². The molecule has 1 saturated heterocycles. The molecular formula is C62H117NO8. The molecule has 1 fully saturated rings. The zero-order chi connectivity index (χ0) is 51.5. The molecule has 71 heavy (non-hydrogen) atoms. The second-order valence-electron chi connectivity index (χ2n) is 21.5. The average molecular weight is 1000 g/mol. The predicted octanol–water partition coefficient (Wildman–Crippen LogP) is 15.5. The van der Waals surface area contributed by atoms with Crippen molar-refractivity contribution in [2.75, 3.05) is 13.2 Å². The lowest BCUT2D eigenvalue weighted by Gasteiger charge is -2.40. The van der Waals surface area contributed by atoms with Crippen molar-refractivity contribution in [3.05, 3.63) is 36.5 Å². The van der Waals surface area contributed by atoms with E-state index in [4.69, 9.17) is 9.47 Å². The minimum atomic E-state index is -1.57. The number of aliphatic hydroxyl groups is 5. The number of ether oxygens (including phenoxy) is 2. The molecule has 0 bridgehead atoms. The molecule has 0 aliphatic carbocycles. The van der Waals surface area contributed by atoms with Crippen molar-refractivity contribution < 1.29 is 39.8 Å². The number of hydrogen-bond acceptors (Lipinski definition) is 8. The van der Waals surface area contributed by atoms with Crippen molar-refractivity contribution in [3.63, 3.8) is 0 Å². The fourth-order valence-corrected chi connectivity index (χ4v) is 9.82. The first-order valence-electron chi connectivity index (χ1n) is 30.7. The molecule has 0 aromatic rings. The molecule has 1 heterocycles. The number of nitrogens with one attached hydrogen (secondary N) is 1. The Morgan fingerprint density at radius 2 is 0.803 bits per heavy atom. The largest absolute Gasteiger partial charge is 0.394 e. The number of rotatable bonds is 53. The van der Waals surface area contributed by atoms with Crippen LogP contribution < -0.4 is 5.32 Å². The minimum Gasteiger partial charge on any atom is -0.394 e. The summed E-state index contributed by atoms with van der Waals surface area (Å²) in [7, 11) is 0. The summed E-state index contributed by atoms with van der Waals surface area (Å²) >= 11 is 0. The molecule has 1 aliphatic rings. The third-order valence-electron chi connectivity index (χ3n) is 14.7. The maximum Gasteiger partial charge on any atom is 0.220 e. The van der Waals surface area contributed by atoms with Crippen LogP contribution in [0, 0.1) is 0 Å². The number of allylic oxidation sites excluding steroid dienone is 5. The van der Waals surface area contributed by atoms with Crippen LogP contribution in [0.2, 0.25) is 0 Å². The van der Waals surface area contributed by atoms with Crippen molar-refractivity contribution in [2.24, 2.45) is 0 Å². The van der Waals surface area contributed by atoms with Gasteiger partial charge in [0.1, 0.15) is 24.4 Å². The Morgan fingerprint density at radius 3 is 1.18 bits per heavy atom. The van der Waals surface area contributed by atoms with Crippen LogP contribution in [0.1, 0.15) is 296 Å². The van der Waals surface area contributed by atoms with Crippen molar-refractivity contribution in [1.29, 1.82) is 0 Å². The van der Waals surface area contributed by atoms with E-state index in [1.165, 1.54) is 238 Å². The summed E-state index contributed by atoms with van der Waals surface area (Å²) in [5.74, 6) is -0.183. The Kier molecular flexibility index (Phi) is 49.3. The van der Waals surface area contributed by atoms with Gasteiger partial charge >= 0.3 is 0 Å². The summed E-state index contributed by atoms with van der Waals surface area (Å²) in [5, 5.41) is 54.5. The zero-order valence-electron chi connectivity index (χ0n) is 46.5. The van der Waals surface area contributed by atoms with Gasteiger partial charge in [-0.25, -0.2) is 0 Å². The molecule has 0 saturated carbocycles. The highest BCUT2D eigenvalue weighted by molar-refractivity contribution is 5.76. The fourth-order valence-electron chi connectivity index (χ4n) is 9.82.